The number of nitrogens with zero attached hydrogens (tertiary/aromatic N) is 2. The Morgan fingerprint density at radius 2 is 2.14 bits per heavy atom. The summed E-state index contributed by atoms with van der Waals surface area (Å²) in [4.78, 5) is 3.93. The van der Waals surface area contributed by atoms with Gasteiger partial charge in [0, 0.05) is 11.2 Å². The Kier molecular flexibility index (Phi) is 3.36. The largest absolute Gasteiger partial charge is 0.244 e. The molecule has 0 saturated carbocycles. The van der Waals surface area contributed by atoms with Crippen LogP contribution in [0.5, 0.6) is 0 Å². The lowest BCUT2D eigenvalue weighted by molar-refractivity contribution is 0.493. The molecule has 0 fully saturated rings. The van der Waals surface area contributed by atoms with Crippen LogP contribution in [0.2, 0.25) is 10.2 Å². The molecule has 0 aliphatic heterocycles. The number of nitriles is 1. The highest BCUT2D eigenvalue weighted by atomic mass is 35.5. The van der Waals surface area contributed by atoms with Gasteiger partial charge in [0.05, 0.1) is 11.5 Å². The van der Waals surface area contributed by atoms with E-state index in [9.17, 15) is 0 Å². The highest BCUT2D eigenvalue weighted by Gasteiger charge is 2.19. The lowest BCUT2D eigenvalue weighted by Crippen LogP contribution is -2.12. The summed E-state index contributed by atoms with van der Waals surface area (Å²) in [5, 5.41) is 9.79. The number of hydrogen-bond acceptors (Lipinski definition) is 2. The van der Waals surface area contributed by atoms with E-state index in [2.05, 4.69) is 11.1 Å². The first kappa shape index (κ1) is 11.3. The first-order valence-electron chi connectivity index (χ1n) is 4.16. The highest BCUT2D eigenvalue weighted by Crippen LogP contribution is 2.26. The lowest BCUT2D eigenvalue weighted by atomic mass is 9.88. The molecule has 0 atom stereocenters. The lowest BCUT2D eigenvalue weighted by Gasteiger charge is -2.15. The standard InChI is InChI=1S/C10H10Cl2N2/c1-10(2,6-13)4-7-5-14-9(12)3-8(7)11/h3,5H,4H2,1-2H3. The Bertz CT molecular complexity index is 380. The van der Waals surface area contributed by atoms with Gasteiger partial charge in [0.2, 0.25) is 0 Å². The number of halogens is 2. The van der Waals surface area contributed by atoms with Crippen LogP contribution in [-0.2, 0) is 6.42 Å². The zero-order valence-corrected chi connectivity index (χ0v) is 9.52. The van der Waals surface area contributed by atoms with E-state index >= 15 is 0 Å². The molecule has 0 aliphatic carbocycles. The fourth-order valence-corrected chi connectivity index (χ4v) is 1.51. The molecule has 4 heteroatoms. The SMILES string of the molecule is CC(C)(C#N)Cc1cnc(Cl)cc1Cl. The molecular formula is C10H10Cl2N2. The summed E-state index contributed by atoms with van der Waals surface area (Å²) >= 11 is 11.6. The fraction of sp³-hybridized carbons (Fsp3) is 0.400. The minimum Gasteiger partial charge on any atom is -0.244 e. The van der Waals surface area contributed by atoms with Crippen molar-refractivity contribution in [1.29, 1.82) is 5.26 Å². The van der Waals surface area contributed by atoms with Crippen LogP contribution in [0.4, 0.5) is 0 Å². The maximum absolute atomic E-state index is 8.86. The molecule has 14 heavy (non-hydrogen) atoms. The van der Waals surface area contributed by atoms with E-state index in [4.69, 9.17) is 28.5 Å². The van der Waals surface area contributed by atoms with Gasteiger partial charge in [-0.25, -0.2) is 4.98 Å². The normalized spacial score (nSPS) is 11.1. The van der Waals surface area contributed by atoms with Gasteiger partial charge in [0.1, 0.15) is 5.15 Å². The topological polar surface area (TPSA) is 36.7 Å². The molecule has 74 valence electrons. The molecule has 0 spiro atoms. The van der Waals surface area contributed by atoms with Crippen LogP contribution in [0, 0.1) is 16.7 Å². The number of hydrogen-bond donors (Lipinski definition) is 0. The predicted molar refractivity (Wildman–Crippen MR) is 57.4 cm³/mol. The van der Waals surface area contributed by atoms with E-state index in [0.717, 1.165) is 5.56 Å². The van der Waals surface area contributed by atoms with Crippen molar-refractivity contribution in [2.45, 2.75) is 20.3 Å². The summed E-state index contributed by atoms with van der Waals surface area (Å²) in [6.45, 7) is 3.72. The second-order valence-corrected chi connectivity index (χ2v) is 4.57. The molecule has 1 aromatic rings. The smallest absolute Gasteiger partial charge is 0.130 e. The zero-order valence-electron chi connectivity index (χ0n) is 8.01. The molecule has 1 heterocycles. The van der Waals surface area contributed by atoms with Crippen molar-refractivity contribution in [2.24, 2.45) is 5.41 Å². The van der Waals surface area contributed by atoms with Gasteiger partial charge in [-0.15, -0.1) is 0 Å². The first-order chi connectivity index (χ1) is 6.44. The molecule has 0 aromatic carbocycles. The predicted octanol–water partition coefficient (Wildman–Crippen LogP) is 3.48. The molecule has 0 saturated heterocycles. The second-order valence-electron chi connectivity index (χ2n) is 3.77. The van der Waals surface area contributed by atoms with Crippen molar-refractivity contribution in [3.63, 3.8) is 0 Å². The van der Waals surface area contributed by atoms with Crippen LogP contribution in [0.15, 0.2) is 12.3 Å². The van der Waals surface area contributed by atoms with Crippen LogP contribution >= 0.6 is 23.2 Å². The van der Waals surface area contributed by atoms with E-state index in [1.165, 1.54) is 0 Å². The Hall–Kier alpha value is -0.780. The van der Waals surface area contributed by atoms with E-state index < -0.39 is 5.41 Å². The summed E-state index contributed by atoms with van der Waals surface area (Å²) in [5.74, 6) is 0. The summed E-state index contributed by atoms with van der Waals surface area (Å²) in [6.07, 6.45) is 2.19. The molecule has 0 amide bonds. The van der Waals surface area contributed by atoms with Gasteiger partial charge in [-0.05, 0) is 31.9 Å². The minimum absolute atomic E-state index is 0.369. The molecule has 0 unspecified atom stereocenters. The van der Waals surface area contributed by atoms with Gasteiger partial charge in [0.25, 0.3) is 0 Å². The summed E-state index contributed by atoms with van der Waals surface area (Å²) in [7, 11) is 0. The maximum atomic E-state index is 8.86. The van der Waals surface area contributed by atoms with E-state index in [0.29, 0.717) is 16.6 Å². The molecule has 1 rings (SSSR count). The molecule has 0 bridgehead atoms. The third-order valence-corrected chi connectivity index (χ3v) is 2.39. The van der Waals surface area contributed by atoms with Crippen molar-refractivity contribution >= 4 is 23.2 Å². The van der Waals surface area contributed by atoms with E-state index in [-0.39, 0.29) is 0 Å². The summed E-state index contributed by atoms with van der Waals surface area (Å²) in [6, 6.07) is 3.80. The summed E-state index contributed by atoms with van der Waals surface area (Å²) < 4.78 is 0. The third kappa shape index (κ3) is 2.87. The number of rotatable bonds is 2. The quantitative estimate of drug-likeness (QED) is 0.728. The van der Waals surface area contributed by atoms with Crippen molar-refractivity contribution < 1.29 is 0 Å². The Morgan fingerprint density at radius 1 is 1.50 bits per heavy atom. The van der Waals surface area contributed by atoms with E-state index in [1.54, 1.807) is 12.3 Å². The van der Waals surface area contributed by atoms with Gasteiger partial charge >= 0.3 is 0 Å². The molecular weight excluding hydrogens is 219 g/mol. The average Bonchev–Trinajstić information content (AvgIpc) is 2.10. The zero-order chi connectivity index (χ0) is 10.8. The third-order valence-electron chi connectivity index (χ3n) is 1.83. The fourth-order valence-electron chi connectivity index (χ4n) is 1.08. The van der Waals surface area contributed by atoms with Gasteiger partial charge in [0.15, 0.2) is 0 Å². The molecule has 2 nitrogen and oxygen atoms in total. The van der Waals surface area contributed by atoms with Gasteiger partial charge in [-0.3, -0.25) is 0 Å². The number of pyridine rings is 1. The summed E-state index contributed by atoms with van der Waals surface area (Å²) in [5.41, 5.74) is 0.418. The molecule has 0 aliphatic rings. The molecule has 0 N–H and O–H groups in total. The van der Waals surface area contributed by atoms with E-state index in [1.807, 2.05) is 13.8 Å². The Morgan fingerprint density at radius 3 is 2.64 bits per heavy atom. The van der Waals surface area contributed by atoms with Gasteiger partial charge in [-0.1, -0.05) is 23.2 Å². The Balaban J connectivity index is 2.94. The monoisotopic (exact) mass is 228 g/mol. The van der Waals surface area contributed by atoms with Crippen molar-refractivity contribution in [3.05, 3.63) is 28.0 Å². The average molecular weight is 229 g/mol. The van der Waals surface area contributed by atoms with Crippen LogP contribution in [0.25, 0.3) is 0 Å². The second kappa shape index (κ2) is 4.16. The molecule has 1 aromatic heterocycles. The maximum Gasteiger partial charge on any atom is 0.130 e. The van der Waals surface area contributed by atoms with Crippen LogP contribution in [-0.4, -0.2) is 4.98 Å². The van der Waals surface area contributed by atoms with Crippen LogP contribution in [0.3, 0.4) is 0 Å². The Labute approximate surface area is 93.5 Å². The van der Waals surface area contributed by atoms with Crippen molar-refractivity contribution in [2.75, 3.05) is 0 Å². The van der Waals surface area contributed by atoms with Crippen LogP contribution in [0.1, 0.15) is 19.4 Å². The molecule has 0 radical (unpaired) electrons. The van der Waals surface area contributed by atoms with Crippen LogP contribution < -0.4 is 0 Å². The minimum atomic E-state index is -0.431. The van der Waals surface area contributed by atoms with Crippen molar-refractivity contribution in [3.8, 4) is 6.07 Å². The number of aromatic nitrogens is 1. The van der Waals surface area contributed by atoms with Crippen molar-refractivity contribution in [1.82, 2.24) is 4.98 Å². The first-order valence-corrected chi connectivity index (χ1v) is 4.91. The van der Waals surface area contributed by atoms with Gasteiger partial charge in [-0.2, -0.15) is 5.26 Å². The van der Waals surface area contributed by atoms with Gasteiger partial charge < -0.3 is 0 Å². The highest BCUT2D eigenvalue weighted by molar-refractivity contribution is 6.34.